The zero-order valence-electron chi connectivity index (χ0n) is 16.1. The van der Waals surface area contributed by atoms with E-state index in [-0.39, 0.29) is 18.5 Å². The molecular weight excluding hydrogens is 394 g/mol. The standard InChI is InChI=1S/C20H23N3O5S/c1-22-8-10-23(11-9-22)29(25,26)13-15-2-4-16(5-3-15)20(24)21-17-6-7-18-19(12-17)28-14-27-18/h2-7,12H,8-11,13-14H2,1H3,(H,21,24). The average molecular weight is 417 g/mol. The Morgan fingerprint density at radius 1 is 1.00 bits per heavy atom. The Kier molecular flexibility index (Phi) is 5.44. The van der Waals surface area contributed by atoms with Crippen LogP contribution in [0.25, 0.3) is 0 Å². The molecule has 0 spiro atoms. The first-order chi connectivity index (χ1) is 13.9. The van der Waals surface area contributed by atoms with Gasteiger partial charge in [0, 0.05) is 43.5 Å². The molecule has 0 unspecified atom stereocenters. The number of benzene rings is 2. The van der Waals surface area contributed by atoms with Crippen molar-refractivity contribution in [1.82, 2.24) is 9.21 Å². The van der Waals surface area contributed by atoms with Crippen LogP contribution in [0.1, 0.15) is 15.9 Å². The number of anilines is 1. The van der Waals surface area contributed by atoms with Crippen molar-refractivity contribution >= 4 is 21.6 Å². The van der Waals surface area contributed by atoms with Crippen LogP contribution in [0.5, 0.6) is 11.5 Å². The van der Waals surface area contributed by atoms with Gasteiger partial charge in [0.05, 0.1) is 5.75 Å². The number of likely N-dealkylation sites (N-methyl/N-ethyl adjacent to an activating group) is 1. The summed E-state index contributed by atoms with van der Waals surface area (Å²) in [7, 11) is -1.38. The number of hydrogen-bond donors (Lipinski definition) is 1. The lowest BCUT2D eigenvalue weighted by atomic mass is 10.1. The van der Waals surface area contributed by atoms with Crippen molar-refractivity contribution in [1.29, 1.82) is 0 Å². The third-order valence-electron chi connectivity index (χ3n) is 5.05. The molecule has 0 aromatic heterocycles. The van der Waals surface area contributed by atoms with Crippen molar-refractivity contribution in [3.05, 3.63) is 53.6 Å². The predicted molar refractivity (Wildman–Crippen MR) is 109 cm³/mol. The Hall–Kier alpha value is -2.62. The summed E-state index contributed by atoms with van der Waals surface area (Å²) < 4.78 is 37.3. The normalized spacial score (nSPS) is 17.3. The number of sulfonamides is 1. The van der Waals surface area contributed by atoms with Crippen molar-refractivity contribution in [3.8, 4) is 11.5 Å². The van der Waals surface area contributed by atoms with Crippen LogP contribution in [-0.4, -0.2) is 63.5 Å². The van der Waals surface area contributed by atoms with Crippen molar-refractivity contribution < 1.29 is 22.7 Å². The van der Waals surface area contributed by atoms with Gasteiger partial charge in [-0.15, -0.1) is 0 Å². The molecule has 1 amide bonds. The largest absolute Gasteiger partial charge is 0.454 e. The summed E-state index contributed by atoms with van der Waals surface area (Å²) in [4.78, 5) is 14.6. The summed E-state index contributed by atoms with van der Waals surface area (Å²) in [6.07, 6.45) is 0. The first kappa shape index (κ1) is 19.7. The first-order valence-electron chi connectivity index (χ1n) is 9.37. The molecule has 2 aliphatic heterocycles. The number of hydrogen-bond acceptors (Lipinski definition) is 6. The molecule has 8 nitrogen and oxygen atoms in total. The predicted octanol–water partition coefficient (Wildman–Crippen LogP) is 1.74. The zero-order chi connectivity index (χ0) is 20.4. The molecule has 1 saturated heterocycles. The molecule has 9 heteroatoms. The highest BCUT2D eigenvalue weighted by Crippen LogP contribution is 2.34. The summed E-state index contributed by atoms with van der Waals surface area (Å²) in [6, 6.07) is 11.8. The van der Waals surface area contributed by atoms with E-state index in [1.807, 2.05) is 7.05 Å². The van der Waals surface area contributed by atoms with Crippen LogP contribution >= 0.6 is 0 Å². The van der Waals surface area contributed by atoms with Gasteiger partial charge in [0.1, 0.15) is 0 Å². The van der Waals surface area contributed by atoms with E-state index in [1.54, 1.807) is 42.5 Å². The van der Waals surface area contributed by atoms with E-state index in [1.165, 1.54) is 4.31 Å². The van der Waals surface area contributed by atoms with Crippen molar-refractivity contribution in [3.63, 3.8) is 0 Å². The highest BCUT2D eigenvalue weighted by atomic mass is 32.2. The number of rotatable bonds is 5. The molecule has 1 fully saturated rings. The van der Waals surface area contributed by atoms with Crippen LogP contribution in [0, 0.1) is 0 Å². The molecule has 2 aliphatic rings. The fourth-order valence-electron chi connectivity index (χ4n) is 3.30. The molecule has 1 N–H and O–H groups in total. The minimum Gasteiger partial charge on any atom is -0.454 e. The third-order valence-corrected chi connectivity index (χ3v) is 6.90. The van der Waals surface area contributed by atoms with Gasteiger partial charge in [-0.2, -0.15) is 4.31 Å². The van der Waals surface area contributed by atoms with Gasteiger partial charge in [-0.05, 0) is 36.9 Å². The number of fused-ring (bicyclic) bond motifs is 1. The van der Waals surface area contributed by atoms with E-state index < -0.39 is 10.0 Å². The van der Waals surface area contributed by atoms with E-state index >= 15 is 0 Å². The highest BCUT2D eigenvalue weighted by Gasteiger charge is 2.26. The van der Waals surface area contributed by atoms with E-state index in [4.69, 9.17) is 9.47 Å². The average Bonchev–Trinajstić information content (AvgIpc) is 3.16. The number of amides is 1. The molecule has 0 saturated carbocycles. The Morgan fingerprint density at radius 3 is 2.41 bits per heavy atom. The number of carbonyl (C=O) groups is 1. The summed E-state index contributed by atoms with van der Waals surface area (Å²) in [5.41, 5.74) is 1.70. The Bertz CT molecular complexity index is 999. The van der Waals surface area contributed by atoms with Gasteiger partial charge in [-0.25, -0.2) is 8.42 Å². The molecule has 0 atom stereocenters. The van der Waals surface area contributed by atoms with Gasteiger partial charge < -0.3 is 19.7 Å². The maximum Gasteiger partial charge on any atom is 0.255 e. The number of piperazine rings is 1. The first-order valence-corrected chi connectivity index (χ1v) is 11.0. The fourth-order valence-corrected chi connectivity index (χ4v) is 4.81. The van der Waals surface area contributed by atoms with Gasteiger partial charge in [-0.1, -0.05) is 12.1 Å². The molecule has 2 heterocycles. The number of carbonyl (C=O) groups excluding carboxylic acids is 1. The topological polar surface area (TPSA) is 88.2 Å². The van der Waals surface area contributed by atoms with Gasteiger partial charge in [0.25, 0.3) is 5.91 Å². The summed E-state index contributed by atoms with van der Waals surface area (Å²) >= 11 is 0. The van der Waals surface area contributed by atoms with Crippen LogP contribution in [-0.2, 0) is 15.8 Å². The number of ether oxygens (including phenoxy) is 2. The lowest BCUT2D eigenvalue weighted by molar-refractivity contribution is 0.102. The minimum absolute atomic E-state index is 0.0687. The van der Waals surface area contributed by atoms with Crippen LogP contribution in [0.3, 0.4) is 0 Å². The highest BCUT2D eigenvalue weighted by molar-refractivity contribution is 7.88. The molecular formula is C20H23N3O5S. The molecule has 2 aromatic rings. The van der Waals surface area contributed by atoms with Crippen LogP contribution in [0.15, 0.2) is 42.5 Å². The van der Waals surface area contributed by atoms with E-state index in [2.05, 4.69) is 10.2 Å². The maximum absolute atomic E-state index is 12.6. The summed E-state index contributed by atoms with van der Waals surface area (Å²) in [5.74, 6) is 0.888. The fraction of sp³-hybridized carbons (Fsp3) is 0.350. The second kappa shape index (κ2) is 8.02. The van der Waals surface area contributed by atoms with Crippen LogP contribution in [0.4, 0.5) is 5.69 Å². The lowest BCUT2D eigenvalue weighted by Crippen LogP contribution is -2.47. The Labute approximate surface area is 170 Å². The molecule has 0 aliphatic carbocycles. The van der Waals surface area contributed by atoms with Gasteiger partial charge in [-0.3, -0.25) is 4.79 Å². The van der Waals surface area contributed by atoms with Crippen molar-refractivity contribution in [2.75, 3.05) is 45.3 Å². The van der Waals surface area contributed by atoms with E-state index in [0.29, 0.717) is 41.4 Å². The molecule has 29 heavy (non-hydrogen) atoms. The molecule has 0 bridgehead atoms. The molecule has 2 aromatic carbocycles. The van der Waals surface area contributed by atoms with Gasteiger partial charge in [0.2, 0.25) is 16.8 Å². The second-order valence-electron chi connectivity index (χ2n) is 7.18. The zero-order valence-corrected chi connectivity index (χ0v) is 16.9. The van der Waals surface area contributed by atoms with Crippen LogP contribution in [0.2, 0.25) is 0 Å². The second-order valence-corrected chi connectivity index (χ2v) is 9.15. The third kappa shape index (κ3) is 4.52. The quantitative estimate of drug-likeness (QED) is 0.797. The minimum atomic E-state index is -3.37. The maximum atomic E-state index is 12.6. The molecule has 0 radical (unpaired) electrons. The van der Waals surface area contributed by atoms with Gasteiger partial charge >= 0.3 is 0 Å². The van der Waals surface area contributed by atoms with E-state index in [9.17, 15) is 13.2 Å². The lowest BCUT2D eigenvalue weighted by Gasteiger charge is -2.31. The monoisotopic (exact) mass is 417 g/mol. The van der Waals surface area contributed by atoms with Crippen molar-refractivity contribution in [2.45, 2.75) is 5.75 Å². The SMILES string of the molecule is CN1CCN(S(=O)(=O)Cc2ccc(C(=O)Nc3ccc4c(c3)OCO4)cc2)CC1. The molecule has 154 valence electrons. The van der Waals surface area contributed by atoms with Crippen LogP contribution < -0.4 is 14.8 Å². The summed E-state index contributed by atoms with van der Waals surface area (Å²) in [5, 5.41) is 2.81. The summed E-state index contributed by atoms with van der Waals surface area (Å²) in [6.45, 7) is 2.66. The molecule has 4 rings (SSSR count). The number of nitrogens with zero attached hydrogens (tertiary/aromatic N) is 2. The smallest absolute Gasteiger partial charge is 0.255 e. The van der Waals surface area contributed by atoms with Crippen molar-refractivity contribution in [2.24, 2.45) is 0 Å². The van der Waals surface area contributed by atoms with E-state index in [0.717, 1.165) is 13.1 Å². The Morgan fingerprint density at radius 2 is 1.69 bits per heavy atom. The number of nitrogens with one attached hydrogen (secondary N) is 1. The Balaban J connectivity index is 1.39. The van der Waals surface area contributed by atoms with Gasteiger partial charge in [0.15, 0.2) is 11.5 Å².